The largest absolute Gasteiger partial charge is 0.339 e. The van der Waals surface area contributed by atoms with E-state index in [-0.39, 0.29) is 31.0 Å². The number of aromatic nitrogens is 4. The second-order valence-electron chi connectivity index (χ2n) is 7.97. The van der Waals surface area contributed by atoms with E-state index >= 15 is 0 Å². The van der Waals surface area contributed by atoms with Gasteiger partial charge in [0.25, 0.3) is 0 Å². The molecule has 1 amide bonds. The molecule has 9 heteroatoms. The maximum absolute atomic E-state index is 14.5. The third-order valence-electron chi connectivity index (χ3n) is 5.18. The van der Waals surface area contributed by atoms with E-state index in [0.717, 1.165) is 26.5 Å². The van der Waals surface area contributed by atoms with Crippen molar-refractivity contribution in [3.8, 4) is 10.7 Å². The number of rotatable bonds is 5. The lowest BCUT2D eigenvalue weighted by Gasteiger charge is -2.36. The third kappa shape index (κ3) is 4.62. The van der Waals surface area contributed by atoms with Crippen molar-refractivity contribution in [2.45, 2.75) is 51.9 Å². The first-order valence-corrected chi connectivity index (χ1v) is 10.9. The Hall–Kier alpha value is -2.52. The zero-order chi connectivity index (χ0) is 21.3. The quantitative estimate of drug-likeness (QED) is 0.673. The van der Waals surface area contributed by atoms with Gasteiger partial charge in [-0.15, -0.1) is 10.2 Å². The molecule has 0 spiro atoms. The Kier molecular flexibility index (Phi) is 6.01. The van der Waals surface area contributed by atoms with Crippen LogP contribution in [0.25, 0.3) is 21.5 Å². The van der Waals surface area contributed by atoms with Gasteiger partial charge in [-0.25, -0.2) is 4.39 Å². The number of carbonyl (C=O) groups is 1. The Bertz CT molecular complexity index is 1050. The molecular weight excluding hydrogens is 403 g/mol. The van der Waals surface area contributed by atoms with Crippen LogP contribution in [0.1, 0.15) is 31.0 Å². The van der Waals surface area contributed by atoms with Crippen molar-refractivity contribution in [3.05, 3.63) is 35.2 Å². The Balaban J connectivity index is 1.46. The van der Waals surface area contributed by atoms with E-state index in [1.807, 2.05) is 32.9 Å². The summed E-state index contributed by atoms with van der Waals surface area (Å²) in [6.45, 7) is 6.59. The molecule has 30 heavy (non-hydrogen) atoms. The fourth-order valence-electron chi connectivity index (χ4n) is 3.71. The van der Waals surface area contributed by atoms with Gasteiger partial charge in [0, 0.05) is 36.4 Å². The van der Waals surface area contributed by atoms with Crippen LogP contribution in [-0.2, 0) is 11.2 Å². The van der Waals surface area contributed by atoms with Gasteiger partial charge in [-0.2, -0.15) is 0 Å². The number of carbonyl (C=O) groups excluding carboxylic acids is 1. The highest BCUT2D eigenvalue weighted by atomic mass is 32.1. The number of hydrogen-bond acceptors (Lipinski definition) is 7. The van der Waals surface area contributed by atoms with E-state index in [1.54, 1.807) is 17.3 Å². The van der Waals surface area contributed by atoms with Crippen molar-refractivity contribution in [3.63, 3.8) is 0 Å². The predicted octanol–water partition coefficient (Wildman–Crippen LogP) is 2.94. The van der Waals surface area contributed by atoms with Gasteiger partial charge in [0.05, 0.1) is 18.7 Å². The number of likely N-dealkylation sites (tertiary alicyclic amines) is 1. The van der Waals surface area contributed by atoms with Crippen LogP contribution < -0.4 is 5.32 Å². The molecule has 0 aliphatic carbocycles. The number of aryl methyl sites for hydroxylation is 1. The lowest BCUT2D eigenvalue weighted by atomic mass is 10.0. The number of alkyl halides is 1. The number of halogens is 1. The van der Waals surface area contributed by atoms with Crippen molar-refractivity contribution in [2.24, 2.45) is 0 Å². The van der Waals surface area contributed by atoms with Crippen LogP contribution in [0.4, 0.5) is 4.39 Å². The molecule has 1 aliphatic heterocycles. The van der Waals surface area contributed by atoms with Gasteiger partial charge < -0.3 is 10.2 Å². The van der Waals surface area contributed by atoms with E-state index in [1.165, 1.54) is 11.3 Å². The van der Waals surface area contributed by atoms with Crippen LogP contribution in [-0.4, -0.2) is 62.3 Å². The van der Waals surface area contributed by atoms with Crippen LogP contribution in [0.2, 0.25) is 0 Å². The molecular formula is C21H25FN6OS. The fourth-order valence-corrected chi connectivity index (χ4v) is 4.37. The van der Waals surface area contributed by atoms with E-state index in [0.29, 0.717) is 18.7 Å². The van der Waals surface area contributed by atoms with Crippen molar-refractivity contribution in [1.82, 2.24) is 30.4 Å². The molecule has 0 bridgehead atoms. The minimum Gasteiger partial charge on any atom is -0.339 e. The van der Waals surface area contributed by atoms with Crippen molar-refractivity contribution in [2.75, 3.05) is 13.1 Å². The van der Waals surface area contributed by atoms with E-state index in [2.05, 4.69) is 25.5 Å². The first-order valence-electron chi connectivity index (χ1n) is 10.1. The molecule has 1 saturated heterocycles. The third-order valence-corrected chi connectivity index (χ3v) is 6.04. The Morgan fingerprint density at radius 3 is 2.77 bits per heavy atom. The zero-order valence-corrected chi connectivity index (χ0v) is 18.1. The maximum atomic E-state index is 14.5. The first-order chi connectivity index (χ1) is 14.4. The highest BCUT2D eigenvalue weighted by Gasteiger charge is 2.31. The summed E-state index contributed by atoms with van der Waals surface area (Å²) in [5.41, 5.74) is 1.41. The molecule has 4 rings (SSSR count). The number of fused-ring (bicyclic) bond motifs is 1. The molecule has 7 nitrogen and oxygen atoms in total. The highest BCUT2D eigenvalue weighted by molar-refractivity contribution is 7.14. The van der Waals surface area contributed by atoms with Gasteiger partial charge in [-0.1, -0.05) is 25.2 Å². The number of piperidine rings is 1. The molecule has 158 valence electrons. The minimum absolute atomic E-state index is 0.0958. The summed E-state index contributed by atoms with van der Waals surface area (Å²) in [5.74, 6) is -0.0958. The normalized spacial score (nSPS) is 19.6. The number of nitrogens with zero attached hydrogens (tertiary/aromatic N) is 5. The molecule has 1 N–H and O–H groups in total. The van der Waals surface area contributed by atoms with E-state index in [4.69, 9.17) is 0 Å². The average Bonchev–Trinajstić information content (AvgIpc) is 3.15. The van der Waals surface area contributed by atoms with Crippen LogP contribution in [0.3, 0.4) is 0 Å². The SMILES string of the molecule is Cc1nnc(-c2cc3cc(CC(=O)N4CC[C@H](NC(C)C)[C@H](F)C4)ncc3cn2)s1. The molecule has 0 radical (unpaired) electrons. The summed E-state index contributed by atoms with van der Waals surface area (Å²) in [4.78, 5) is 23.2. The molecule has 2 atom stereocenters. The molecule has 3 aromatic heterocycles. The van der Waals surface area contributed by atoms with Gasteiger partial charge in [0.2, 0.25) is 5.91 Å². The monoisotopic (exact) mass is 428 g/mol. The summed E-state index contributed by atoms with van der Waals surface area (Å²) in [5, 5.41) is 14.9. The maximum Gasteiger partial charge on any atom is 0.228 e. The van der Waals surface area contributed by atoms with Crippen LogP contribution in [0.5, 0.6) is 0 Å². The van der Waals surface area contributed by atoms with Crippen molar-refractivity contribution < 1.29 is 9.18 Å². The molecule has 0 saturated carbocycles. The average molecular weight is 429 g/mol. The standard InChI is InChI=1S/C21H25FN6OS/c1-12(2)25-18-4-5-28(11-17(18)22)20(29)8-16-6-14-7-19(21-27-26-13(3)30-21)24-10-15(14)9-23-16/h6-7,9-10,12,17-18,25H,4-5,8,11H2,1-3H3/t17-,18+/m1/s1. The highest BCUT2D eigenvalue weighted by Crippen LogP contribution is 2.25. The van der Waals surface area contributed by atoms with Gasteiger partial charge >= 0.3 is 0 Å². The molecule has 3 aromatic rings. The summed E-state index contributed by atoms with van der Waals surface area (Å²) >= 11 is 1.49. The van der Waals surface area contributed by atoms with Gasteiger partial charge in [-0.05, 0) is 30.9 Å². The minimum atomic E-state index is -1.06. The summed E-state index contributed by atoms with van der Waals surface area (Å²) in [6.07, 6.45) is 3.18. The van der Waals surface area contributed by atoms with Gasteiger partial charge in [0.1, 0.15) is 16.9 Å². The number of amides is 1. The molecule has 4 heterocycles. The predicted molar refractivity (Wildman–Crippen MR) is 115 cm³/mol. The molecule has 0 aromatic carbocycles. The molecule has 0 unspecified atom stereocenters. The summed E-state index contributed by atoms with van der Waals surface area (Å²) in [7, 11) is 0. The van der Waals surface area contributed by atoms with E-state index in [9.17, 15) is 9.18 Å². The lowest BCUT2D eigenvalue weighted by Crippen LogP contribution is -2.54. The second kappa shape index (κ2) is 8.69. The first kappa shape index (κ1) is 20.7. The smallest absolute Gasteiger partial charge is 0.228 e. The number of pyridine rings is 2. The Morgan fingerprint density at radius 1 is 1.27 bits per heavy atom. The van der Waals surface area contributed by atoms with Crippen molar-refractivity contribution in [1.29, 1.82) is 0 Å². The van der Waals surface area contributed by atoms with Crippen LogP contribution >= 0.6 is 11.3 Å². The Labute approximate surface area is 178 Å². The van der Waals surface area contributed by atoms with Gasteiger partial charge in [-0.3, -0.25) is 14.8 Å². The molecule has 1 aliphatic rings. The Morgan fingerprint density at radius 2 is 2.07 bits per heavy atom. The number of hydrogen-bond donors (Lipinski definition) is 1. The number of nitrogens with one attached hydrogen (secondary N) is 1. The van der Waals surface area contributed by atoms with Gasteiger partial charge in [0.15, 0.2) is 5.01 Å². The zero-order valence-electron chi connectivity index (χ0n) is 17.3. The van der Waals surface area contributed by atoms with Crippen molar-refractivity contribution >= 4 is 28.0 Å². The van der Waals surface area contributed by atoms with Crippen LogP contribution in [0.15, 0.2) is 24.5 Å². The van der Waals surface area contributed by atoms with E-state index < -0.39 is 6.17 Å². The molecule has 1 fully saturated rings. The summed E-state index contributed by atoms with van der Waals surface area (Å²) in [6, 6.07) is 3.86. The van der Waals surface area contributed by atoms with Crippen LogP contribution in [0, 0.1) is 6.92 Å². The topological polar surface area (TPSA) is 83.9 Å². The lowest BCUT2D eigenvalue weighted by molar-refractivity contribution is -0.133. The second-order valence-corrected chi connectivity index (χ2v) is 9.15. The fraction of sp³-hybridized carbons (Fsp3) is 0.476. The summed E-state index contributed by atoms with van der Waals surface area (Å²) < 4.78 is 14.5.